The number of halogens is 2. The Morgan fingerprint density at radius 2 is 2.16 bits per heavy atom. The van der Waals surface area contributed by atoms with Gasteiger partial charge in [0.15, 0.2) is 18.5 Å². The predicted octanol–water partition coefficient (Wildman–Crippen LogP) is -0.307. The van der Waals surface area contributed by atoms with Gasteiger partial charge in [-0.15, -0.1) is 0 Å². The van der Waals surface area contributed by atoms with Gasteiger partial charge in [0, 0.05) is 16.3 Å². The van der Waals surface area contributed by atoms with Crippen molar-refractivity contribution in [2.45, 2.75) is 43.9 Å². The van der Waals surface area contributed by atoms with Crippen LogP contribution in [-0.4, -0.2) is 52.7 Å². The number of ether oxygens (including phenoxy) is 3. The van der Waals surface area contributed by atoms with Crippen molar-refractivity contribution in [3.8, 4) is 5.75 Å². The molecular formula is C22H26Br2N6O7. The number of pyridine rings is 1. The largest absolute Gasteiger partial charge is 1.00 e. The third-order valence-corrected chi connectivity index (χ3v) is 6.12. The van der Waals surface area contributed by atoms with Crippen molar-refractivity contribution >= 4 is 27.5 Å². The highest BCUT2D eigenvalue weighted by Crippen LogP contribution is 2.33. The molecule has 200 valence electrons. The van der Waals surface area contributed by atoms with Crippen molar-refractivity contribution in [3.63, 3.8) is 0 Å². The number of aliphatic hydroxyl groups is 1. The first kappa shape index (κ1) is 30.4. The summed E-state index contributed by atoms with van der Waals surface area (Å²) in [5, 5.41) is 26.1. The maximum atomic E-state index is 11.7. The van der Waals surface area contributed by atoms with Crippen LogP contribution in [0.1, 0.15) is 35.0 Å². The van der Waals surface area contributed by atoms with Crippen molar-refractivity contribution < 1.29 is 50.6 Å². The smallest absolute Gasteiger partial charge is 0.290 e. The van der Waals surface area contributed by atoms with E-state index in [4.69, 9.17) is 25.5 Å². The summed E-state index contributed by atoms with van der Waals surface area (Å²) in [7, 11) is 0. The van der Waals surface area contributed by atoms with Gasteiger partial charge in [-0.25, -0.2) is 0 Å². The fraction of sp³-hybridized carbons (Fsp3) is 0.455. The van der Waals surface area contributed by atoms with E-state index in [1.807, 2.05) is 0 Å². The summed E-state index contributed by atoms with van der Waals surface area (Å²) in [5.74, 6) is -0.288. The number of hydrogen-bond acceptors (Lipinski definition) is 8. The lowest BCUT2D eigenvalue weighted by Gasteiger charge is -2.18. The molecule has 1 saturated heterocycles. The van der Waals surface area contributed by atoms with Crippen molar-refractivity contribution in [3.05, 3.63) is 74.4 Å². The number of carbonyl (C=O) groups excluding carboxylic acids is 1. The van der Waals surface area contributed by atoms with E-state index in [-0.39, 0.29) is 40.4 Å². The number of nitro benzene ring substituents is 1. The molecule has 3 rings (SSSR count). The minimum absolute atomic E-state index is 0. The van der Waals surface area contributed by atoms with Gasteiger partial charge in [0.1, 0.15) is 17.4 Å². The van der Waals surface area contributed by atoms with Gasteiger partial charge in [0.25, 0.3) is 17.8 Å². The van der Waals surface area contributed by atoms with Crippen molar-refractivity contribution in [1.82, 2.24) is 0 Å². The average Bonchev–Trinajstić information content (AvgIpc) is 3.23. The van der Waals surface area contributed by atoms with E-state index >= 15 is 0 Å². The van der Waals surface area contributed by atoms with Crippen LogP contribution in [0.5, 0.6) is 5.75 Å². The number of hydrogen-bond donors (Lipinski definition) is 2. The number of nitro groups is 1. The molecule has 4 atom stereocenters. The number of primary amides is 1. The van der Waals surface area contributed by atoms with Crippen molar-refractivity contribution in [2.24, 2.45) is 10.8 Å². The number of aromatic nitrogens is 1. The van der Waals surface area contributed by atoms with Crippen molar-refractivity contribution in [2.75, 3.05) is 18.5 Å². The van der Waals surface area contributed by atoms with Crippen LogP contribution in [0.3, 0.4) is 0 Å². The standard InChI is InChI=1S/C22H25BrN6O7.BrH/c23-7-1-2-9-34-16-6-5-15(17(10-16)29(32)33)13-35-20-19(26-27-25)18(12-30)36-22(20)28-8-3-4-14(11-28)21(24)31;/h3-6,8,10-11,18-20,22,30H,1-2,7,9,12-13H2,(H-,24,31);1H/t18-,19-,20-,22-;/m1./s1. The number of aliphatic hydroxyl groups excluding tert-OH is 1. The Hall–Kier alpha value is -2.81. The normalized spacial score (nSPS) is 20.5. The lowest BCUT2D eigenvalue weighted by atomic mass is 10.1. The lowest BCUT2D eigenvalue weighted by molar-refractivity contribution is -0.766. The molecule has 3 N–H and O–H groups in total. The molecule has 1 amide bonds. The van der Waals surface area contributed by atoms with E-state index in [2.05, 4.69) is 26.0 Å². The van der Waals surface area contributed by atoms with Gasteiger partial charge in [-0.1, -0.05) is 21.0 Å². The van der Waals surface area contributed by atoms with Gasteiger partial charge in [-0.2, -0.15) is 4.57 Å². The Labute approximate surface area is 231 Å². The number of rotatable bonds is 13. The highest BCUT2D eigenvalue weighted by molar-refractivity contribution is 9.09. The maximum Gasteiger partial charge on any atom is 0.290 e. The summed E-state index contributed by atoms with van der Waals surface area (Å²) < 4.78 is 19.0. The van der Waals surface area contributed by atoms with Gasteiger partial charge in [-0.3, -0.25) is 14.9 Å². The van der Waals surface area contributed by atoms with Gasteiger partial charge >= 0.3 is 0 Å². The highest BCUT2D eigenvalue weighted by atomic mass is 79.9. The van der Waals surface area contributed by atoms with Crippen LogP contribution in [0.25, 0.3) is 10.4 Å². The maximum absolute atomic E-state index is 11.7. The number of benzene rings is 1. The Bertz CT molecular complexity index is 1130. The number of amides is 1. The first-order valence-corrected chi connectivity index (χ1v) is 12.2. The zero-order chi connectivity index (χ0) is 26.1. The number of carbonyl (C=O) groups is 1. The van der Waals surface area contributed by atoms with Crippen molar-refractivity contribution in [1.29, 1.82) is 0 Å². The number of azide groups is 1. The monoisotopic (exact) mass is 644 g/mol. The minimum Gasteiger partial charge on any atom is -1.00 e. The van der Waals surface area contributed by atoms with Gasteiger partial charge < -0.3 is 42.0 Å². The summed E-state index contributed by atoms with van der Waals surface area (Å²) in [6.45, 7) is -0.245. The van der Waals surface area contributed by atoms with Crippen LogP contribution >= 0.6 is 15.9 Å². The summed E-state index contributed by atoms with van der Waals surface area (Å²) >= 11 is 3.34. The van der Waals surface area contributed by atoms with E-state index in [1.54, 1.807) is 18.3 Å². The molecule has 0 bridgehead atoms. The molecule has 37 heavy (non-hydrogen) atoms. The Morgan fingerprint density at radius 3 is 2.81 bits per heavy atom. The summed E-state index contributed by atoms with van der Waals surface area (Å²) in [6, 6.07) is 6.65. The Balaban J connectivity index is 0.00000481. The number of alkyl halides is 1. The third-order valence-electron chi connectivity index (χ3n) is 5.56. The summed E-state index contributed by atoms with van der Waals surface area (Å²) in [5.41, 5.74) is 14.7. The zero-order valence-electron chi connectivity index (χ0n) is 19.6. The molecule has 1 aromatic carbocycles. The molecule has 1 fully saturated rings. The molecule has 15 heteroatoms. The second-order valence-corrected chi connectivity index (χ2v) is 8.71. The van der Waals surface area contributed by atoms with Crippen LogP contribution in [-0.2, 0) is 16.1 Å². The predicted molar refractivity (Wildman–Crippen MR) is 129 cm³/mol. The average molecular weight is 646 g/mol. The lowest BCUT2D eigenvalue weighted by Crippen LogP contribution is -3.00. The molecule has 13 nitrogen and oxygen atoms in total. The molecule has 2 aromatic rings. The topological polar surface area (TPSA) is 187 Å². The molecule has 0 radical (unpaired) electrons. The van der Waals surface area contributed by atoms with Gasteiger partial charge in [-0.05, 0) is 36.6 Å². The highest BCUT2D eigenvalue weighted by Gasteiger charge is 2.50. The number of nitrogens with two attached hydrogens (primary N) is 1. The van der Waals surface area contributed by atoms with Crippen LogP contribution in [0.2, 0.25) is 0 Å². The number of nitrogens with zero attached hydrogens (tertiary/aromatic N) is 5. The van der Waals surface area contributed by atoms with E-state index in [9.17, 15) is 20.0 Å². The summed E-state index contributed by atoms with van der Waals surface area (Å²) in [4.78, 5) is 25.7. The third kappa shape index (κ3) is 7.84. The molecule has 1 aromatic heterocycles. The zero-order valence-corrected chi connectivity index (χ0v) is 22.7. The molecule has 0 spiro atoms. The molecule has 0 saturated carbocycles. The SMILES string of the molecule is [Br-].[N-]=[N+]=N[C@H]1[C@@H](OCc2ccc(OCCCCBr)cc2[N+](=O)[O-])[C@H]([n+]2cccc(C(N)=O)c2)O[C@@H]1CO. The Kier molecular flexibility index (Phi) is 12.2. The first-order valence-electron chi connectivity index (χ1n) is 11.1. The molecule has 1 aliphatic heterocycles. The molecule has 2 heterocycles. The first-order chi connectivity index (χ1) is 17.4. The summed E-state index contributed by atoms with van der Waals surface area (Å²) in [6.07, 6.45) is 2.02. The van der Waals surface area contributed by atoms with Gasteiger partial charge in [0.05, 0.1) is 42.5 Å². The van der Waals surface area contributed by atoms with Crippen LogP contribution in [0.15, 0.2) is 47.8 Å². The molecule has 0 aliphatic carbocycles. The second-order valence-electron chi connectivity index (χ2n) is 7.92. The fourth-order valence-electron chi connectivity index (χ4n) is 3.78. The number of unbranched alkanes of at least 4 members (excludes halogenated alkanes) is 1. The quantitative estimate of drug-likeness (QED) is 0.0437. The Morgan fingerprint density at radius 1 is 1.38 bits per heavy atom. The molecule has 0 unspecified atom stereocenters. The fourth-order valence-corrected chi connectivity index (χ4v) is 4.18. The molecular weight excluding hydrogens is 620 g/mol. The minimum atomic E-state index is -0.939. The van der Waals surface area contributed by atoms with Crippen LogP contribution < -0.4 is 32.0 Å². The van der Waals surface area contributed by atoms with E-state index in [0.717, 1.165) is 18.2 Å². The second kappa shape index (κ2) is 14.8. The van der Waals surface area contributed by atoms with Crippen LogP contribution in [0, 0.1) is 10.1 Å². The van der Waals surface area contributed by atoms with Gasteiger partial charge in [0.2, 0.25) is 0 Å². The van der Waals surface area contributed by atoms with Crippen LogP contribution in [0.4, 0.5) is 5.69 Å². The van der Waals surface area contributed by atoms with E-state index < -0.39 is 41.9 Å². The van der Waals surface area contributed by atoms with E-state index in [1.165, 1.54) is 29.0 Å². The molecule has 1 aliphatic rings. The van der Waals surface area contributed by atoms with E-state index in [0.29, 0.717) is 12.4 Å².